The fourth-order valence-electron chi connectivity index (χ4n) is 4.59. The Balaban J connectivity index is 1.51. The van der Waals surface area contributed by atoms with Crippen LogP contribution in [0.4, 0.5) is 8.78 Å². The minimum absolute atomic E-state index is 0.00701. The van der Waals surface area contributed by atoms with Crippen molar-refractivity contribution in [3.8, 4) is 0 Å². The summed E-state index contributed by atoms with van der Waals surface area (Å²) in [6.45, 7) is 1.49. The summed E-state index contributed by atoms with van der Waals surface area (Å²) < 4.78 is 34.7. The molecular weight excluding hydrogens is 400 g/mol. The highest BCUT2D eigenvalue weighted by molar-refractivity contribution is 5.79. The molecule has 1 aromatic carbocycles. The first kappa shape index (κ1) is 21.8. The lowest BCUT2D eigenvalue weighted by atomic mass is 9.94. The zero-order valence-corrected chi connectivity index (χ0v) is 17.7. The van der Waals surface area contributed by atoms with E-state index in [1.165, 1.54) is 24.6 Å². The highest BCUT2D eigenvalue weighted by Crippen LogP contribution is 2.25. The van der Waals surface area contributed by atoms with Crippen molar-refractivity contribution in [3.05, 3.63) is 65.5 Å². The maximum absolute atomic E-state index is 14.2. The second-order valence-electron chi connectivity index (χ2n) is 8.50. The summed E-state index contributed by atoms with van der Waals surface area (Å²) in [5, 5.41) is 0. The van der Waals surface area contributed by atoms with Gasteiger partial charge in [0.1, 0.15) is 11.6 Å². The van der Waals surface area contributed by atoms with Gasteiger partial charge in [0.2, 0.25) is 5.91 Å². The molecule has 166 valence electrons. The van der Waals surface area contributed by atoms with Crippen LogP contribution in [0.1, 0.15) is 43.2 Å². The first-order valence-corrected chi connectivity index (χ1v) is 11.1. The Kier molecular flexibility index (Phi) is 7.25. The van der Waals surface area contributed by atoms with Crippen LogP contribution in [0.15, 0.2) is 42.7 Å². The zero-order chi connectivity index (χ0) is 21.6. The predicted octanol–water partition coefficient (Wildman–Crippen LogP) is 3.92. The molecule has 0 radical (unpaired) electrons. The number of halogens is 2. The molecule has 1 aromatic heterocycles. The second-order valence-corrected chi connectivity index (χ2v) is 8.50. The minimum atomic E-state index is -0.589. The van der Waals surface area contributed by atoms with Crippen LogP contribution in [0.2, 0.25) is 0 Å². The summed E-state index contributed by atoms with van der Waals surface area (Å²) in [5.74, 6) is -1.17. The zero-order valence-electron chi connectivity index (χ0n) is 17.7. The van der Waals surface area contributed by atoms with Crippen molar-refractivity contribution in [1.29, 1.82) is 0 Å². The molecule has 2 fully saturated rings. The molecule has 1 aliphatic carbocycles. The van der Waals surface area contributed by atoms with Gasteiger partial charge in [0.25, 0.3) is 0 Å². The van der Waals surface area contributed by atoms with Crippen LogP contribution >= 0.6 is 0 Å². The van der Waals surface area contributed by atoms with Gasteiger partial charge in [-0.3, -0.25) is 14.7 Å². The van der Waals surface area contributed by atoms with Gasteiger partial charge in [-0.2, -0.15) is 0 Å². The Bertz CT molecular complexity index is 854. The van der Waals surface area contributed by atoms with Gasteiger partial charge in [-0.25, -0.2) is 8.78 Å². The topological polar surface area (TPSA) is 45.7 Å². The Morgan fingerprint density at radius 2 is 1.81 bits per heavy atom. The largest absolute Gasteiger partial charge is 0.370 e. The lowest BCUT2D eigenvalue weighted by Crippen LogP contribution is -2.45. The molecule has 1 saturated carbocycles. The van der Waals surface area contributed by atoms with Crippen molar-refractivity contribution < 1.29 is 18.3 Å². The van der Waals surface area contributed by atoms with Gasteiger partial charge in [-0.05, 0) is 36.6 Å². The SMILES string of the molecule is O=C1CN(Cc2c(F)cccc2F)CC(OCc2cccnc2)CN1C1CCCCC1. The lowest BCUT2D eigenvalue weighted by Gasteiger charge is -2.35. The fraction of sp³-hybridized carbons (Fsp3) is 0.500. The molecule has 4 rings (SSSR count). The number of amides is 1. The molecule has 2 aliphatic rings. The van der Waals surface area contributed by atoms with Crippen LogP contribution in [0.3, 0.4) is 0 Å². The van der Waals surface area contributed by atoms with Crippen LogP contribution in [0.25, 0.3) is 0 Å². The van der Waals surface area contributed by atoms with Crippen molar-refractivity contribution >= 4 is 5.91 Å². The van der Waals surface area contributed by atoms with Gasteiger partial charge in [0.15, 0.2) is 0 Å². The Hall–Kier alpha value is -2.38. The number of hydrogen-bond donors (Lipinski definition) is 0. The number of benzene rings is 1. The van der Waals surface area contributed by atoms with E-state index in [0.29, 0.717) is 19.7 Å². The second kappa shape index (κ2) is 10.3. The van der Waals surface area contributed by atoms with E-state index in [1.54, 1.807) is 17.3 Å². The van der Waals surface area contributed by atoms with Gasteiger partial charge in [-0.1, -0.05) is 31.4 Å². The van der Waals surface area contributed by atoms with Crippen molar-refractivity contribution in [3.63, 3.8) is 0 Å². The van der Waals surface area contributed by atoms with Gasteiger partial charge >= 0.3 is 0 Å². The van der Waals surface area contributed by atoms with Crippen LogP contribution in [-0.4, -0.2) is 52.5 Å². The van der Waals surface area contributed by atoms with Crippen molar-refractivity contribution in [1.82, 2.24) is 14.8 Å². The Labute approximate surface area is 182 Å². The number of carbonyl (C=O) groups excluding carboxylic acids is 1. The summed E-state index contributed by atoms with van der Waals surface area (Å²) in [6, 6.07) is 7.88. The highest BCUT2D eigenvalue weighted by Gasteiger charge is 2.33. The molecule has 2 heterocycles. The first-order chi connectivity index (χ1) is 15.1. The Morgan fingerprint density at radius 1 is 1.03 bits per heavy atom. The van der Waals surface area contributed by atoms with E-state index in [2.05, 4.69) is 4.98 Å². The van der Waals surface area contributed by atoms with Crippen molar-refractivity contribution in [2.75, 3.05) is 19.6 Å². The average molecular weight is 430 g/mol. The predicted molar refractivity (Wildman–Crippen MR) is 113 cm³/mol. The van der Waals surface area contributed by atoms with E-state index in [1.807, 2.05) is 17.0 Å². The molecule has 2 aromatic rings. The quantitative estimate of drug-likeness (QED) is 0.698. The summed E-state index contributed by atoms with van der Waals surface area (Å²) in [5.41, 5.74) is 0.946. The van der Waals surface area contributed by atoms with Crippen LogP contribution in [0, 0.1) is 11.6 Å². The fourth-order valence-corrected chi connectivity index (χ4v) is 4.59. The van der Waals surface area contributed by atoms with Gasteiger partial charge in [-0.15, -0.1) is 0 Å². The maximum Gasteiger partial charge on any atom is 0.237 e. The third kappa shape index (κ3) is 5.66. The molecule has 5 nitrogen and oxygen atoms in total. The number of nitrogens with zero attached hydrogens (tertiary/aromatic N) is 3. The van der Waals surface area contributed by atoms with Gasteiger partial charge in [0.05, 0.1) is 19.3 Å². The number of aromatic nitrogens is 1. The third-order valence-corrected chi connectivity index (χ3v) is 6.21. The normalized spacial score (nSPS) is 21.3. The number of ether oxygens (including phenoxy) is 1. The monoisotopic (exact) mass is 429 g/mol. The number of hydrogen-bond acceptors (Lipinski definition) is 4. The first-order valence-electron chi connectivity index (χ1n) is 11.1. The average Bonchev–Trinajstić information content (AvgIpc) is 2.94. The molecule has 1 saturated heterocycles. The summed E-state index contributed by atoms with van der Waals surface area (Å²) >= 11 is 0. The molecular formula is C24H29F2N3O2. The Morgan fingerprint density at radius 3 is 2.52 bits per heavy atom. The van der Waals surface area contributed by atoms with E-state index in [0.717, 1.165) is 31.2 Å². The summed E-state index contributed by atoms with van der Waals surface area (Å²) in [6.07, 6.45) is 8.68. The number of rotatable bonds is 6. The van der Waals surface area contributed by atoms with E-state index in [-0.39, 0.29) is 36.7 Å². The number of carbonyl (C=O) groups is 1. The van der Waals surface area contributed by atoms with E-state index >= 15 is 0 Å². The maximum atomic E-state index is 14.2. The molecule has 0 N–H and O–H groups in total. The van der Waals surface area contributed by atoms with E-state index < -0.39 is 11.6 Å². The highest BCUT2D eigenvalue weighted by atomic mass is 19.1. The van der Waals surface area contributed by atoms with Crippen LogP contribution < -0.4 is 0 Å². The third-order valence-electron chi connectivity index (χ3n) is 6.21. The van der Waals surface area contributed by atoms with Crippen LogP contribution in [0.5, 0.6) is 0 Å². The molecule has 1 unspecified atom stereocenters. The van der Waals surface area contributed by atoms with Gasteiger partial charge in [0, 0.05) is 43.6 Å². The number of pyridine rings is 1. The summed E-state index contributed by atoms with van der Waals surface area (Å²) in [7, 11) is 0. The standard InChI is InChI=1S/C24H29F2N3O2/c25-22-9-4-10-23(26)21(22)15-28-13-20(31-17-18-6-5-11-27-12-18)14-29(24(30)16-28)19-7-2-1-3-8-19/h4-6,9-12,19-20H,1-3,7-8,13-17H2. The molecule has 31 heavy (non-hydrogen) atoms. The van der Waals surface area contributed by atoms with Crippen molar-refractivity contribution in [2.24, 2.45) is 0 Å². The van der Waals surface area contributed by atoms with Crippen LogP contribution in [-0.2, 0) is 22.7 Å². The molecule has 0 spiro atoms. The molecule has 1 atom stereocenters. The van der Waals surface area contributed by atoms with Crippen molar-refractivity contribution in [2.45, 2.75) is 57.4 Å². The summed E-state index contributed by atoms with van der Waals surface area (Å²) in [4.78, 5) is 21.0. The molecule has 7 heteroatoms. The lowest BCUT2D eigenvalue weighted by molar-refractivity contribution is -0.135. The van der Waals surface area contributed by atoms with Gasteiger partial charge < -0.3 is 9.64 Å². The minimum Gasteiger partial charge on any atom is -0.370 e. The van der Waals surface area contributed by atoms with E-state index in [4.69, 9.17) is 4.74 Å². The smallest absolute Gasteiger partial charge is 0.237 e. The molecule has 1 amide bonds. The molecule has 1 aliphatic heterocycles. The van der Waals surface area contributed by atoms with E-state index in [9.17, 15) is 13.6 Å². The molecule has 0 bridgehead atoms.